The highest BCUT2D eigenvalue weighted by atomic mass is 35.5. The summed E-state index contributed by atoms with van der Waals surface area (Å²) in [4.78, 5) is 12.4. The van der Waals surface area contributed by atoms with Crippen LogP contribution in [-0.2, 0) is 0 Å². The molecule has 0 bridgehead atoms. The number of amides is 1. The number of carbonyl (C=O) groups is 1. The van der Waals surface area contributed by atoms with Crippen LogP contribution in [0.25, 0.3) is 0 Å². The summed E-state index contributed by atoms with van der Waals surface area (Å²) in [6.07, 6.45) is 3.71. The van der Waals surface area contributed by atoms with Crippen LogP contribution in [0.1, 0.15) is 43.0 Å². The molecular formula is C16H23ClN2O3. The molecule has 1 aromatic carbocycles. The molecule has 122 valence electrons. The maximum atomic E-state index is 12.4. The van der Waals surface area contributed by atoms with Gasteiger partial charge < -0.3 is 20.5 Å². The van der Waals surface area contributed by atoms with Gasteiger partial charge in [0.15, 0.2) is 11.5 Å². The van der Waals surface area contributed by atoms with Crippen molar-refractivity contribution in [2.45, 2.75) is 44.7 Å². The molecule has 6 heteroatoms. The second-order valence-corrected chi connectivity index (χ2v) is 5.91. The highest BCUT2D eigenvalue weighted by molar-refractivity contribution is 6.32. The Morgan fingerprint density at radius 3 is 2.64 bits per heavy atom. The lowest BCUT2D eigenvalue weighted by Gasteiger charge is -2.27. The van der Waals surface area contributed by atoms with E-state index >= 15 is 0 Å². The summed E-state index contributed by atoms with van der Waals surface area (Å²) in [5, 5.41) is 3.41. The quantitative estimate of drug-likeness (QED) is 0.872. The number of nitrogens with two attached hydrogens (primary N) is 1. The summed E-state index contributed by atoms with van der Waals surface area (Å²) in [6.45, 7) is 2.34. The molecule has 1 aliphatic rings. The molecule has 0 aromatic heterocycles. The Morgan fingerprint density at radius 2 is 2.05 bits per heavy atom. The first kappa shape index (κ1) is 16.9. The highest BCUT2D eigenvalue weighted by Crippen LogP contribution is 2.36. The number of methoxy groups -OCH3 is 1. The summed E-state index contributed by atoms with van der Waals surface area (Å²) in [7, 11) is 1.53. The Kier molecular flexibility index (Phi) is 5.91. The van der Waals surface area contributed by atoms with Gasteiger partial charge in [0.25, 0.3) is 5.91 Å². The largest absolute Gasteiger partial charge is 0.493 e. The van der Waals surface area contributed by atoms with Gasteiger partial charge in [0.2, 0.25) is 0 Å². The second kappa shape index (κ2) is 7.70. The maximum absolute atomic E-state index is 12.4. The first-order valence-electron chi connectivity index (χ1n) is 7.62. The van der Waals surface area contributed by atoms with E-state index in [0.717, 1.165) is 25.7 Å². The van der Waals surface area contributed by atoms with Crippen molar-refractivity contribution >= 4 is 17.5 Å². The van der Waals surface area contributed by atoms with Crippen LogP contribution in [0.3, 0.4) is 0 Å². The molecule has 5 nitrogen and oxygen atoms in total. The van der Waals surface area contributed by atoms with Gasteiger partial charge in [-0.1, -0.05) is 11.6 Å². The minimum Gasteiger partial charge on any atom is -0.493 e. The summed E-state index contributed by atoms with van der Waals surface area (Å²) in [5.74, 6) is 0.778. The van der Waals surface area contributed by atoms with Crippen molar-refractivity contribution in [2.24, 2.45) is 5.73 Å². The van der Waals surface area contributed by atoms with Crippen molar-refractivity contribution in [3.63, 3.8) is 0 Å². The number of hydrogen-bond donors (Lipinski definition) is 2. The smallest absolute Gasteiger partial charge is 0.251 e. The Bertz CT molecular complexity index is 528. The summed E-state index contributed by atoms with van der Waals surface area (Å²) < 4.78 is 10.7. The standard InChI is InChI=1S/C16H23ClN2O3/c1-3-22-15-13(17)8-10(9-14(15)21-2)16(20)19-12-6-4-11(18)5-7-12/h8-9,11-12H,3-7,18H2,1-2H3,(H,19,20). The molecule has 1 amide bonds. The van der Waals surface area contributed by atoms with Crippen LogP contribution in [0.5, 0.6) is 11.5 Å². The van der Waals surface area contributed by atoms with Gasteiger partial charge in [-0.15, -0.1) is 0 Å². The third kappa shape index (κ3) is 4.05. The number of carbonyl (C=O) groups excluding carboxylic acids is 1. The number of benzene rings is 1. The van der Waals surface area contributed by atoms with E-state index in [1.165, 1.54) is 7.11 Å². The SMILES string of the molecule is CCOc1c(Cl)cc(C(=O)NC2CCC(N)CC2)cc1OC. The molecule has 0 radical (unpaired) electrons. The Balaban J connectivity index is 2.11. The molecule has 0 unspecified atom stereocenters. The van der Waals surface area contributed by atoms with Crippen molar-refractivity contribution in [3.05, 3.63) is 22.7 Å². The molecule has 0 saturated heterocycles. The van der Waals surface area contributed by atoms with Gasteiger partial charge in [-0.2, -0.15) is 0 Å². The molecule has 3 N–H and O–H groups in total. The zero-order valence-corrected chi connectivity index (χ0v) is 13.8. The number of halogens is 1. The molecule has 2 rings (SSSR count). The number of hydrogen-bond acceptors (Lipinski definition) is 4. The molecule has 1 aromatic rings. The predicted octanol–water partition coefficient (Wildman–Crippen LogP) is 2.75. The Hall–Kier alpha value is -1.46. The molecule has 0 heterocycles. The van der Waals surface area contributed by atoms with Gasteiger partial charge in [-0.3, -0.25) is 4.79 Å². The van der Waals surface area contributed by atoms with Crippen molar-refractivity contribution in [3.8, 4) is 11.5 Å². The minimum atomic E-state index is -0.149. The third-order valence-electron chi connectivity index (χ3n) is 3.89. The van der Waals surface area contributed by atoms with Crippen molar-refractivity contribution in [1.29, 1.82) is 0 Å². The van der Waals surface area contributed by atoms with Crippen molar-refractivity contribution in [2.75, 3.05) is 13.7 Å². The monoisotopic (exact) mass is 326 g/mol. The number of nitrogens with one attached hydrogen (secondary N) is 1. The van der Waals surface area contributed by atoms with E-state index in [0.29, 0.717) is 28.7 Å². The molecule has 1 aliphatic carbocycles. The average molecular weight is 327 g/mol. The molecule has 1 fully saturated rings. The summed E-state index contributed by atoms with van der Waals surface area (Å²) in [6, 6.07) is 3.69. The summed E-state index contributed by atoms with van der Waals surface area (Å²) in [5.41, 5.74) is 6.35. The first-order valence-corrected chi connectivity index (χ1v) is 7.99. The molecule has 0 atom stereocenters. The lowest BCUT2D eigenvalue weighted by Crippen LogP contribution is -2.40. The molecule has 0 aliphatic heterocycles. The maximum Gasteiger partial charge on any atom is 0.251 e. The number of ether oxygens (including phenoxy) is 2. The van der Waals surface area contributed by atoms with Crippen molar-refractivity contribution in [1.82, 2.24) is 5.32 Å². The molecular weight excluding hydrogens is 304 g/mol. The predicted molar refractivity (Wildman–Crippen MR) is 86.9 cm³/mol. The van der Waals surface area contributed by atoms with Crippen LogP contribution in [0.4, 0.5) is 0 Å². The Labute approximate surface area is 136 Å². The van der Waals surface area contributed by atoms with Crippen LogP contribution >= 0.6 is 11.6 Å². The van der Waals surface area contributed by atoms with Crippen LogP contribution in [0.2, 0.25) is 5.02 Å². The van der Waals surface area contributed by atoms with E-state index in [4.69, 9.17) is 26.8 Å². The highest BCUT2D eigenvalue weighted by Gasteiger charge is 2.22. The molecule has 1 saturated carbocycles. The zero-order valence-electron chi connectivity index (χ0n) is 13.0. The van der Waals surface area contributed by atoms with E-state index in [1.54, 1.807) is 12.1 Å². The Morgan fingerprint density at radius 1 is 1.36 bits per heavy atom. The van der Waals surface area contributed by atoms with Crippen LogP contribution in [0, 0.1) is 0 Å². The van der Waals surface area contributed by atoms with Crippen LogP contribution in [-0.4, -0.2) is 31.7 Å². The van der Waals surface area contributed by atoms with Crippen LogP contribution < -0.4 is 20.5 Å². The van der Waals surface area contributed by atoms with Crippen LogP contribution in [0.15, 0.2) is 12.1 Å². The topological polar surface area (TPSA) is 73.6 Å². The van der Waals surface area contributed by atoms with Gasteiger partial charge in [-0.05, 0) is 44.7 Å². The van der Waals surface area contributed by atoms with E-state index in [9.17, 15) is 4.79 Å². The van der Waals surface area contributed by atoms with Crippen molar-refractivity contribution < 1.29 is 14.3 Å². The first-order chi connectivity index (χ1) is 10.5. The normalized spacial score (nSPS) is 21.3. The van der Waals surface area contributed by atoms with E-state index < -0.39 is 0 Å². The lowest BCUT2D eigenvalue weighted by molar-refractivity contribution is 0.0925. The fourth-order valence-corrected chi connectivity index (χ4v) is 2.93. The summed E-state index contributed by atoms with van der Waals surface area (Å²) >= 11 is 6.20. The minimum absolute atomic E-state index is 0.149. The fourth-order valence-electron chi connectivity index (χ4n) is 2.67. The van der Waals surface area contributed by atoms with E-state index in [-0.39, 0.29) is 18.0 Å². The van der Waals surface area contributed by atoms with Gasteiger partial charge in [-0.25, -0.2) is 0 Å². The van der Waals surface area contributed by atoms with Gasteiger partial charge in [0.05, 0.1) is 18.7 Å². The molecule has 0 spiro atoms. The van der Waals surface area contributed by atoms with Gasteiger partial charge in [0, 0.05) is 17.6 Å². The van der Waals surface area contributed by atoms with Gasteiger partial charge in [0.1, 0.15) is 0 Å². The third-order valence-corrected chi connectivity index (χ3v) is 4.17. The van der Waals surface area contributed by atoms with E-state index in [1.807, 2.05) is 6.92 Å². The van der Waals surface area contributed by atoms with E-state index in [2.05, 4.69) is 5.32 Å². The average Bonchev–Trinajstić information content (AvgIpc) is 2.51. The molecule has 22 heavy (non-hydrogen) atoms. The second-order valence-electron chi connectivity index (χ2n) is 5.51. The number of rotatable bonds is 5. The van der Waals surface area contributed by atoms with Gasteiger partial charge >= 0.3 is 0 Å². The fraction of sp³-hybridized carbons (Fsp3) is 0.562. The lowest BCUT2D eigenvalue weighted by atomic mass is 9.91. The zero-order chi connectivity index (χ0) is 16.1.